The summed E-state index contributed by atoms with van der Waals surface area (Å²) in [5.74, 6) is -1.19. The fraction of sp³-hybridized carbons (Fsp3) is 0.409. The molecule has 5 rings (SSSR count). The number of benzene rings is 1. The van der Waals surface area contributed by atoms with Crippen LogP contribution >= 0.6 is 0 Å². The Morgan fingerprint density at radius 2 is 1.75 bits per heavy atom. The van der Waals surface area contributed by atoms with Gasteiger partial charge in [0.05, 0.1) is 6.04 Å². The quantitative estimate of drug-likeness (QED) is 0.785. The molecule has 1 saturated carbocycles. The molecule has 10 heteroatoms. The van der Waals surface area contributed by atoms with E-state index in [-0.39, 0.29) is 17.5 Å². The van der Waals surface area contributed by atoms with Crippen molar-refractivity contribution in [3.05, 3.63) is 53.4 Å². The summed E-state index contributed by atoms with van der Waals surface area (Å²) in [6.07, 6.45) is 4.96. The number of hydrogen-bond acceptors (Lipinski definition) is 6. The van der Waals surface area contributed by atoms with Crippen molar-refractivity contribution in [1.82, 2.24) is 15.0 Å². The minimum Gasteiger partial charge on any atom is -0.364 e. The normalized spacial score (nSPS) is 26.6. The molecule has 1 aromatic heterocycles. The molecule has 0 spiro atoms. The third-order valence-electron chi connectivity index (χ3n) is 6.60. The van der Waals surface area contributed by atoms with Gasteiger partial charge in [-0.1, -0.05) is 0 Å². The van der Waals surface area contributed by atoms with Crippen molar-refractivity contribution in [2.75, 3.05) is 18.0 Å². The van der Waals surface area contributed by atoms with Gasteiger partial charge in [0.25, 0.3) is 5.91 Å². The van der Waals surface area contributed by atoms with Gasteiger partial charge >= 0.3 is 0 Å². The van der Waals surface area contributed by atoms with Crippen molar-refractivity contribution in [2.24, 2.45) is 28.6 Å². The summed E-state index contributed by atoms with van der Waals surface area (Å²) in [4.78, 5) is 35.2. The van der Waals surface area contributed by atoms with E-state index in [0.717, 1.165) is 6.07 Å². The highest BCUT2D eigenvalue weighted by Gasteiger charge is 2.46. The molecule has 2 N–H and O–H groups in total. The lowest BCUT2D eigenvalue weighted by atomic mass is 10.0. The second kappa shape index (κ2) is 7.92. The van der Waals surface area contributed by atoms with Crippen LogP contribution in [-0.2, 0) is 4.79 Å². The monoisotopic (exact) mass is 440 g/mol. The molecule has 2 fully saturated rings. The molecular weight excluding hydrogens is 418 g/mol. The Morgan fingerprint density at radius 3 is 2.41 bits per heavy atom. The van der Waals surface area contributed by atoms with E-state index < -0.39 is 23.6 Å². The zero-order valence-corrected chi connectivity index (χ0v) is 17.2. The summed E-state index contributed by atoms with van der Waals surface area (Å²) in [5.41, 5.74) is 5.89. The molecule has 2 aromatic rings. The highest BCUT2D eigenvalue weighted by atomic mass is 19.1. The molecule has 3 heterocycles. The fourth-order valence-electron chi connectivity index (χ4n) is 5.16. The van der Waals surface area contributed by atoms with E-state index in [2.05, 4.69) is 15.1 Å². The summed E-state index contributed by atoms with van der Waals surface area (Å²) in [6.45, 7) is 1.39. The van der Waals surface area contributed by atoms with Gasteiger partial charge in [-0.15, -0.1) is 0 Å². The maximum Gasteiger partial charge on any atom is 0.267 e. The van der Waals surface area contributed by atoms with Crippen molar-refractivity contribution < 1.29 is 18.4 Å². The number of amides is 2. The first kappa shape index (κ1) is 20.5. The Labute approximate surface area is 183 Å². The lowest BCUT2D eigenvalue weighted by Crippen LogP contribution is -2.33. The number of fused-ring (bicyclic) bond motifs is 1. The van der Waals surface area contributed by atoms with Crippen LogP contribution in [0.25, 0.3) is 0 Å². The van der Waals surface area contributed by atoms with E-state index in [1.807, 2.05) is 4.90 Å². The summed E-state index contributed by atoms with van der Waals surface area (Å²) < 4.78 is 27.4. The molecule has 1 aromatic carbocycles. The van der Waals surface area contributed by atoms with Gasteiger partial charge in [-0.25, -0.2) is 23.8 Å². The van der Waals surface area contributed by atoms with Crippen LogP contribution in [-0.4, -0.2) is 46.1 Å². The van der Waals surface area contributed by atoms with Crippen molar-refractivity contribution in [1.29, 1.82) is 0 Å². The van der Waals surface area contributed by atoms with Crippen molar-refractivity contribution >= 4 is 24.0 Å². The van der Waals surface area contributed by atoms with Crippen LogP contribution in [0.4, 0.5) is 14.7 Å². The molecule has 1 saturated heterocycles. The van der Waals surface area contributed by atoms with Crippen molar-refractivity contribution in [3.8, 4) is 0 Å². The molecule has 1 unspecified atom stereocenters. The summed E-state index contributed by atoms with van der Waals surface area (Å²) in [6, 6.07) is 4.32. The first-order chi connectivity index (χ1) is 15.4. The van der Waals surface area contributed by atoms with E-state index in [4.69, 9.17) is 5.73 Å². The Balaban J connectivity index is 1.26. The van der Waals surface area contributed by atoms with Gasteiger partial charge < -0.3 is 10.6 Å². The largest absolute Gasteiger partial charge is 0.364 e. The lowest BCUT2D eigenvalue weighted by molar-refractivity contribution is -0.137. The highest BCUT2D eigenvalue weighted by Crippen LogP contribution is 2.44. The lowest BCUT2D eigenvalue weighted by Gasteiger charge is -2.26. The molecule has 8 nitrogen and oxygen atoms in total. The molecule has 166 valence electrons. The number of halogens is 2. The van der Waals surface area contributed by atoms with Crippen molar-refractivity contribution in [2.45, 2.75) is 25.3 Å². The number of aromatic nitrogens is 2. The van der Waals surface area contributed by atoms with Gasteiger partial charge in [0, 0.05) is 43.9 Å². The third-order valence-corrected chi connectivity index (χ3v) is 6.60. The van der Waals surface area contributed by atoms with Gasteiger partial charge in [-0.2, -0.15) is 5.10 Å². The van der Waals surface area contributed by atoms with Crippen LogP contribution < -0.4 is 10.6 Å². The van der Waals surface area contributed by atoms with Gasteiger partial charge in [-0.3, -0.25) is 9.59 Å². The van der Waals surface area contributed by atoms with E-state index in [0.29, 0.717) is 55.7 Å². The number of carbonyl (C=O) groups excluding carboxylic acids is 2. The number of rotatable bonds is 4. The van der Waals surface area contributed by atoms with E-state index in [1.54, 1.807) is 6.21 Å². The Hall–Kier alpha value is -3.43. The second-order valence-electron chi connectivity index (χ2n) is 8.63. The predicted octanol–water partition coefficient (Wildman–Crippen LogP) is 2.28. The molecule has 2 amide bonds. The standard InChI is InChI=1S/C22H22F2N6O2/c23-16-7-12(8-17(24)9-16)19-2-4-27-30(19)21(32)13-5-14-10-29(11-15(14)6-13)22-26-3-1-18(28-22)20(25)31/h1,3-4,7-9,13-15,19H,2,5-6,10-11H2,(H2,25,31)/t13-,14-,15+,19?. The van der Waals surface area contributed by atoms with Crippen LogP contribution in [0.5, 0.6) is 0 Å². The van der Waals surface area contributed by atoms with E-state index >= 15 is 0 Å². The number of anilines is 1. The van der Waals surface area contributed by atoms with Crippen molar-refractivity contribution in [3.63, 3.8) is 0 Å². The second-order valence-corrected chi connectivity index (χ2v) is 8.63. The number of hydrogen-bond donors (Lipinski definition) is 1. The predicted molar refractivity (Wildman–Crippen MR) is 112 cm³/mol. The Morgan fingerprint density at radius 1 is 1.06 bits per heavy atom. The van der Waals surface area contributed by atoms with Crippen LogP contribution in [0.1, 0.15) is 41.4 Å². The average Bonchev–Trinajstić information content (AvgIpc) is 3.47. The van der Waals surface area contributed by atoms with E-state index in [1.165, 1.54) is 29.4 Å². The van der Waals surface area contributed by atoms with Crippen LogP contribution in [0.2, 0.25) is 0 Å². The van der Waals surface area contributed by atoms with Gasteiger partial charge in [-0.05, 0) is 48.4 Å². The minimum absolute atomic E-state index is 0.110. The maximum absolute atomic E-state index is 13.7. The van der Waals surface area contributed by atoms with Gasteiger partial charge in [0.2, 0.25) is 11.9 Å². The van der Waals surface area contributed by atoms with Gasteiger partial charge in [0.1, 0.15) is 17.3 Å². The first-order valence-electron chi connectivity index (χ1n) is 10.6. The third kappa shape index (κ3) is 3.69. The molecule has 3 aliphatic rings. The number of primary amides is 1. The highest BCUT2D eigenvalue weighted by molar-refractivity contribution is 5.90. The fourth-order valence-corrected chi connectivity index (χ4v) is 5.16. The Bertz CT molecular complexity index is 1080. The maximum atomic E-state index is 13.7. The number of nitrogens with two attached hydrogens (primary N) is 1. The molecule has 1 aliphatic carbocycles. The smallest absolute Gasteiger partial charge is 0.267 e. The average molecular weight is 440 g/mol. The number of nitrogens with zero attached hydrogens (tertiary/aromatic N) is 5. The van der Waals surface area contributed by atoms with Gasteiger partial charge in [0.15, 0.2) is 0 Å². The summed E-state index contributed by atoms with van der Waals surface area (Å²) in [5, 5.41) is 5.61. The summed E-state index contributed by atoms with van der Waals surface area (Å²) >= 11 is 0. The SMILES string of the molecule is NC(=O)c1ccnc(N2C[C@H]3C[C@@H](C(=O)N4N=CCC4c4cc(F)cc(F)c4)C[C@H]3C2)n1. The van der Waals surface area contributed by atoms with Crippen LogP contribution in [0.15, 0.2) is 35.6 Å². The van der Waals surface area contributed by atoms with E-state index in [9.17, 15) is 18.4 Å². The van der Waals surface area contributed by atoms with Crippen LogP contribution in [0, 0.1) is 29.4 Å². The minimum atomic E-state index is -0.669. The number of hydrazone groups is 1. The topological polar surface area (TPSA) is 105 Å². The molecule has 0 bridgehead atoms. The zero-order chi connectivity index (χ0) is 22.4. The first-order valence-corrected chi connectivity index (χ1v) is 10.6. The molecule has 0 radical (unpaired) electrons. The summed E-state index contributed by atoms with van der Waals surface area (Å²) in [7, 11) is 0. The molecule has 4 atom stereocenters. The molecule has 32 heavy (non-hydrogen) atoms. The van der Waals surface area contributed by atoms with Crippen LogP contribution in [0.3, 0.4) is 0 Å². The molecular formula is C22H22F2N6O2. The zero-order valence-electron chi connectivity index (χ0n) is 17.2. The molecule has 2 aliphatic heterocycles. The Kier molecular flexibility index (Phi) is 5.07. The number of carbonyl (C=O) groups is 2.